The summed E-state index contributed by atoms with van der Waals surface area (Å²) >= 11 is 0. The van der Waals surface area contributed by atoms with E-state index in [2.05, 4.69) is 34.5 Å². The van der Waals surface area contributed by atoms with Crippen LogP contribution in [0.3, 0.4) is 0 Å². The Labute approximate surface area is 150 Å². The molecule has 6 nitrogen and oxygen atoms in total. The highest BCUT2D eigenvalue weighted by Crippen LogP contribution is 2.11. The standard InChI is InChI=1S/C19H29N3O3/c1-16-15-24-11-9-22(16)19(23)20-12-18-14-21(8-5-10-25-18)13-17-6-3-2-4-7-17/h2-4,6-7,16,18H,5,8-15H2,1H3,(H,20,23)/t16-,18-/m1/s1. The van der Waals surface area contributed by atoms with Gasteiger partial charge in [0.1, 0.15) is 0 Å². The molecular weight excluding hydrogens is 318 g/mol. The molecular formula is C19H29N3O3. The minimum absolute atomic E-state index is 0.0155. The molecule has 0 saturated carbocycles. The van der Waals surface area contributed by atoms with E-state index in [0.29, 0.717) is 26.3 Å². The van der Waals surface area contributed by atoms with Crippen LogP contribution in [0.5, 0.6) is 0 Å². The van der Waals surface area contributed by atoms with E-state index in [1.807, 2.05) is 17.9 Å². The predicted molar refractivity (Wildman–Crippen MR) is 96.5 cm³/mol. The maximum absolute atomic E-state index is 12.4. The molecule has 1 aromatic carbocycles. The SMILES string of the molecule is C[C@@H]1COCCN1C(=O)NC[C@@H]1CN(Cc2ccccc2)CCCO1. The molecule has 25 heavy (non-hydrogen) atoms. The number of rotatable bonds is 4. The maximum Gasteiger partial charge on any atom is 0.317 e. The van der Waals surface area contributed by atoms with Crippen molar-refractivity contribution in [3.63, 3.8) is 0 Å². The van der Waals surface area contributed by atoms with E-state index >= 15 is 0 Å². The maximum atomic E-state index is 12.4. The average Bonchev–Trinajstić information content (AvgIpc) is 2.86. The number of hydrogen-bond donors (Lipinski definition) is 1. The second kappa shape index (κ2) is 9.17. The third kappa shape index (κ3) is 5.42. The quantitative estimate of drug-likeness (QED) is 0.901. The number of nitrogens with zero attached hydrogens (tertiary/aromatic N) is 2. The number of carbonyl (C=O) groups excluding carboxylic acids is 1. The third-order valence-electron chi connectivity index (χ3n) is 4.79. The van der Waals surface area contributed by atoms with Crippen molar-refractivity contribution in [2.45, 2.75) is 32.0 Å². The molecule has 1 N–H and O–H groups in total. The van der Waals surface area contributed by atoms with Gasteiger partial charge in [-0.1, -0.05) is 30.3 Å². The van der Waals surface area contributed by atoms with Gasteiger partial charge < -0.3 is 19.7 Å². The summed E-state index contributed by atoms with van der Waals surface area (Å²) in [5, 5.41) is 3.04. The fraction of sp³-hybridized carbons (Fsp3) is 0.632. The summed E-state index contributed by atoms with van der Waals surface area (Å²) in [5.74, 6) is 0. The van der Waals surface area contributed by atoms with Crippen LogP contribution in [-0.4, -0.2) is 74.0 Å². The zero-order valence-electron chi connectivity index (χ0n) is 15.0. The molecule has 6 heteroatoms. The topological polar surface area (TPSA) is 54.0 Å². The Morgan fingerprint density at radius 3 is 2.88 bits per heavy atom. The number of hydrogen-bond acceptors (Lipinski definition) is 4. The number of ether oxygens (including phenoxy) is 2. The number of morpholine rings is 1. The molecule has 0 aliphatic carbocycles. The summed E-state index contributed by atoms with van der Waals surface area (Å²) in [6.07, 6.45) is 1.06. The molecule has 2 aliphatic rings. The molecule has 0 radical (unpaired) electrons. The van der Waals surface area contributed by atoms with Crippen molar-refractivity contribution in [3.05, 3.63) is 35.9 Å². The van der Waals surface area contributed by atoms with E-state index in [-0.39, 0.29) is 18.2 Å². The van der Waals surface area contributed by atoms with E-state index < -0.39 is 0 Å². The molecule has 2 fully saturated rings. The summed E-state index contributed by atoms with van der Waals surface area (Å²) in [7, 11) is 0. The van der Waals surface area contributed by atoms with Crippen LogP contribution in [0, 0.1) is 0 Å². The summed E-state index contributed by atoms with van der Waals surface area (Å²) in [6.45, 7) is 7.98. The van der Waals surface area contributed by atoms with Crippen molar-refractivity contribution in [1.82, 2.24) is 15.1 Å². The van der Waals surface area contributed by atoms with E-state index in [0.717, 1.165) is 32.7 Å². The lowest BCUT2D eigenvalue weighted by atomic mass is 10.2. The molecule has 3 rings (SSSR count). The highest BCUT2D eigenvalue weighted by molar-refractivity contribution is 5.74. The normalized spacial score (nSPS) is 25.4. The van der Waals surface area contributed by atoms with E-state index in [4.69, 9.17) is 9.47 Å². The lowest BCUT2D eigenvalue weighted by Crippen LogP contribution is -2.53. The molecule has 2 atom stereocenters. The first-order valence-electron chi connectivity index (χ1n) is 9.22. The summed E-state index contributed by atoms with van der Waals surface area (Å²) in [4.78, 5) is 16.7. The molecule has 0 spiro atoms. The van der Waals surface area contributed by atoms with Crippen LogP contribution in [0.1, 0.15) is 18.9 Å². The van der Waals surface area contributed by atoms with Gasteiger partial charge in [0.05, 0.1) is 25.4 Å². The second-order valence-electron chi connectivity index (χ2n) is 6.87. The number of benzene rings is 1. The fourth-order valence-corrected chi connectivity index (χ4v) is 3.41. The van der Waals surface area contributed by atoms with Gasteiger partial charge in [-0.2, -0.15) is 0 Å². The lowest BCUT2D eigenvalue weighted by Gasteiger charge is -2.33. The zero-order valence-corrected chi connectivity index (χ0v) is 15.0. The first kappa shape index (κ1) is 18.2. The minimum atomic E-state index is -0.0155. The van der Waals surface area contributed by atoms with Crippen LogP contribution < -0.4 is 5.32 Å². The Balaban J connectivity index is 1.48. The molecule has 0 bridgehead atoms. The highest BCUT2D eigenvalue weighted by atomic mass is 16.5. The van der Waals surface area contributed by atoms with Crippen molar-refractivity contribution >= 4 is 6.03 Å². The van der Waals surface area contributed by atoms with Crippen molar-refractivity contribution in [1.29, 1.82) is 0 Å². The number of urea groups is 1. The van der Waals surface area contributed by atoms with Gasteiger partial charge in [0.15, 0.2) is 0 Å². The summed E-state index contributed by atoms with van der Waals surface area (Å²) in [5.41, 5.74) is 1.31. The Hall–Kier alpha value is -1.63. The van der Waals surface area contributed by atoms with Gasteiger partial charge in [-0.15, -0.1) is 0 Å². The van der Waals surface area contributed by atoms with Gasteiger partial charge >= 0.3 is 6.03 Å². The van der Waals surface area contributed by atoms with Gasteiger partial charge in [0.25, 0.3) is 0 Å². The van der Waals surface area contributed by atoms with Gasteiger partial charge in [0.2, 0.25) is 0 Å². The van der Waals surface area contributed by atoms with E-state index in [1.165, 1.54) is 5.56 Å². The molecule has 0 unspecified atom stereocenters. The predicted octanol–water partition coefficient (Wildman–Crippen LogP) is 1.71. The van der Waals surface area contributed by atoms with Crippen molar-refractivity contribution < 1.29 is 14.3 Å². The summed E-state index contributed by atoms with van der Waals surface area (Å²) < 4.78 is 11.3. The minimum Gasteiger partial charge on any atom is -0.377 e. The van der Waals surface area contributed by atoms with Crippen LogP contribution in [0.2, 0.25) is 0 Å². The molecule has 1 aromatic rings. The van der Waals surface area contributed by atoms with Gasteiger partial charge in [-0.05, 0) is 18.9 Å². The van der Waals surface area contributed by atoms with Gasteiger partial charge in [-0.25, -0.2) is 4.79 Å². The molecule has 2 heterocycles. The molecule has 138 valence electrons. The Bertz CT molecular complexity index is 540. The average molecular weight is 347 g/mol. The van der Waals surface area contributed by atoms with E-state index in [9.17, 15) is 4.79 Å². The van der Waals surface area contributed by atoms with Crippen molar-refractivity contribution in [2.75, 3.05) is 46.0 Å². The molecule has 2 aliphatic heterocycles. The first-order valence-corrected chi connectivity index (χ1v) is 9.22. The summed E-state index contributed by atoms with van der Waals surface area (Å²) in [6, 6.07) is 10.6. The van der Waals surface area contributed by atoms with Gasteiger partial charge in [0, 0.05) is 39.3 Å². The largest absolute Gasteiger partial charge is 0.377 e. The van der Waals surface area contributed by atoms with Gasteiger partial charge in [-0.3, -0.25) is 4.90 Å². The van der Waals surface area contributed by atoms with Crippen LogP contribution >= 0.6 is 0 Å². The van der Waals surface area contributed by atoms with Crippen molar-refractivity contribution in [2.24, 2.45) is 0 Å². The molecule has 2 saturated heterocycles. The fourth-order valence-electron chi connectivity index (χ4n) is 3.41. The lowest BCUT2D eigenvalue weighted by molar-refractivity contribution is 0.0162. The van der Waals surface area contributed by atoms with Crippen LogP contribution in [-0.2, 0) is 16.0 Å². The van der Waals surface area contributed by atoms with Crippen LogP contribution in [0.4, 0.5) is 4.79 Å². The smallest absolute Gasteiger partial charge is 0.317 e. The second-order valence-corrected chi connectivity index (χ2v) is 6.87. The molecule has 2 amide bonds. The van der Waals surface area contributed by atoms with E-state index in [1.54, 1.807) is 0 Å². The zero-order chi connectivity index (χ0) is 17.5. The number of nitrogens with one attached hydrogen (secondary N) is 1. The number of amides is 2. The molecule has 0 aromatic heterocycles. The van der Waals surface area contributed by atoms with Crippen LogP contribution in [0.15, 0.2) is 30.3 Å². The Kier molecular flexibility index (Phi) is 6.67. The Morgan fingerprint density at radius 2 is 2.08 bits per heavy atom. The third-order valence-corrected chi connectivity index (χ3v) is 4.79. The van der Waals surface area contributed by atoms with Crippen molar-refractivity contribution in [3.8, 4) is 0 Å². The van der Waals surface area contributed by atoms with Crippen LogP contribution in [0.25, 0.3) is 0 Å². The monoisotopic (exact) mass is 347 g/mol. The first-order chi connectivity index (χ1) is 12.2. The Morgan fingerprint density at radius 1 is 1.24 bits per heavy atom. The number of carbonyl (C=O) groups is 1. The highest BCUT2D eigenvalue weighted by Gasteiger charge is 2.25.